The van der Waals surface area contributed by atoms with Gasteiger partial charge in [-0.15, -0.1) is 15.3 Å². The zero-order valence-corrected chi connectivity index (χ0v) is 37.0. The number of aryl methyl sites for hydroxylation is 10. The van der Waals surface area contributed by atoms with E-state index in [0.29, 0.717) is 0 Å². The summed E-state index contributed by atoms with van der Waals surface area (Å²) in [5, 5.41) is 23.5. The maximum atomic E-state index is 4.93. The van der Waals surface area contributed by atoms with E-state index in [1.165, 1.54) is 64.1 Å². The Balaban J connectivity index is 0.000000117. The number of pyridine rings is 3. The molecule has 0 N–H and O–H groups in total. The van der Waals surface area contributed by atoms with E-state index in [1.54, 1.807) is 6.20 Å². The van der Waals surface area contributed by atoms with Crippen molar-refractivity contribution in [3.63, 3.8) is 0 Å². The van der Waals surface area contributed by atoms with E-state index in [1.807, 2.05) is 47.0 Å². The molecular weight excluding hydrogens is 865 g/mol. The van der Waals surface area contributed by atoms with E-state index >= 15 is 0 Å². The predicted octanol–water partition coefficient (Wildman–Crippen LogP) is 7.25. The van der Waals surface area contributed by atoms with Crippen molar-refractivity contribution in [1.29, 1.82) is 0 Å². The molecule has 0 fully saturated rings. The second kappa shape index (κ2) is 17.8. The van der Waals surface area contributed by atoms with Crippen LogP contribution in [0.4, 0.5) is 0 Å². The van der Waals surface area contributed by atoms with Gasteiger partial charge in [-0.05, 0) is 81.3 Å². The standard InChI is InChI=1S/C8H8N2S.C8H8N2Se.C7H7N3O.C7H7N3S.C7H7N3Se/c2*1-5-3-4-6(2)8-7(5)9-10-11-8;3*1-4-3-8-5(2)6-7(4)11-10-9-6/h2*3-4H,1-2H3;3*3H,1-2H3. The zero-order chi connectivity index (χ0) is 39.2. The third-order valence-electron chi connectivity index (χ3n) is 8.53. The summed E-state index contributed by atoms with van der Waals surface area (Å²) in [4.78, 5) is 12.5. The minimum Gasteiger partial charge on any atom is -0.336 e. The molecule has 0 saturated heterocycles. The van der Waals surface area contributed by atoms with Gasteiger partial charge < -0.3 is 4.52 Å². The van der Waals surface area contributed by atoms with Gasteiger partial charge in [0.1, 0.15) is 11.0 Å². The van der Waals surface area contributed by atoms with E-state index in [4.69, 9.17) is 4.52 Å². The smallest absolute Gasteiger partial charge is 0.193 e. The van der Waals surface area contributed by atoms with Gasteiger partial charge in [-0.25, -0.2) is 0 Å². The maximum absolute atomic E-state index is 4.93. The van der Waals surface area contributed by atoms with Gasteiger partial charge in [0.25, 0.3) is 0 Å². The van der Waals surface area contributed by atoms with E-state index in [2.05, 4.69) is 122 Å². The molecule has 2 aromatic carbocycles. The van der Waals surface area contributed by atoms with E-state index in [-0.39, 0.29) is 29.5 Å². The van der Waals surface area contributed by atoms with Gasteiger partial charge in [0.15, 0.2) is 11.1 Å². The molecule has 0 bridgehead atoms. The Morgan fingerprint density at radius 3 is 1.53 bits per heavy atom. The van der Waals surface area contributed by atoms with Crippen LogP contribution in [0.15, 0.2) is 47.4 Å². The Bertz CT molecular complexity index is 2250. The first-order chi connectivity index (χ1) is 26.4. The molecular formula is C37H37N13OS2Se2. The fourth-order valence-electron chi connectivity index (χ4n) is 5.22. The fraction of sp³-hybridized carbons (Fsp3) is 0.270. The molecule has 0 unspecified atom stereocenters. The van der Waals surface area contributed by atoms with Crippen molar-refractivity contribution in [2.75, 3.05) is 0 Å². The Morgan fingerprint density at radius 2 is 0.927 bits per heavy atom. The summed E-state index contributed by atoms with van der Waals surface area (Å²) < 4.78 is 25.8. The molecule has 280 valence electrons. The zero-order valence-electron chi connectivity index (χ0n) is 31.9. The van der Waals surface area contributed by atoms with Gasteiger partial charge in [-0.1, -0.05) is 21.1 Å². The molecule has 14 nitrogen and oxygen atoms in total. The van der Waals surface area contributed by atoms with Gasteiger partial charge in [0.05, 0.1) is 20.8 Å². The van der Waals surface area contributed by atoms with Crippen LogP contribution in [-0.2, 0) is 0 Å². The van der Waals surface area contributed by atoms with Crippen LogP contribution in [0.2, 0.25) is 0 Å². The normalized spacial score (nSPS) is 10.7. The maximum Gasteiger partial charge on any atom is 0.193 e. The molecule has 10 rings (SSSR count). The Morgan fingerprint density at radius 1 is 0.436 bits per heavy atom. The fourth-order valence-corrected chi connectivity index (χ4v) is 9.50. The number of aromatic nitrogens is 13. The summed E-state index contributed by atoms with van der Waals surface area (Å²) in [6, 6.07) is 8.44. The van der Waals surface area contributed by atoms with Crippen LogP contribution in [0.3, 0.4) is 0 Å². The topological polar surface area (TPSA) is 181 Å². The van der Waals surface area contributed by atoms with Crippen molar-refractivity contribution in [2.45, 2.75) is 69.2 Å². The first-order valence-electron chi connectivity index (χ1n) is 16.9. The van der Waals surface area contributed by atoms with E-state index in [0.717, 1.165) is 66.1 Å². The van der Waals surface area contributed by atoms with Crippen LogP contribution in [0, 0.1) is 69.2 Å². The molecule has 55 heavy (non-hydrogen) atoms. The van der Waals surface area contributed by atoms with Gasteiger partial charge in [-0.3, -0.25) is 9.97 Å². The summed E-state index contributed by atoms with van der Waals surface area (Å²) in [6.07, 6.45) is 5.51. The number of benzene rings is 2. The third-order valence-corrected chi connectivity index (χ3v) is 13.9. The molecule has 0 aliphatic carbocycles. The number of nitrogens with zero attached hydrogens (tertiary/aromatic N) is 13. The summed E-state index contributed by atoms with van der Waals surface area (Å²) in [5.74, 6) is 0. The average molecular weight is 902 g/mol. The van der Waals surface area contributed by atoms with Crippen LogP contribution in [0.1, 0.15) is 56.0 Å². The van der Waals surface area contributed by atoms with E-state index < -0.39 is 0 Å². The molecule has 0 saturated carbocycles. The number of hydrogen-bond donors (Lipinski definition) is 0. The monoisotopic (exact) mass is 903 g/mol. The Labute approximate surface area is 337 Å². The van der Waals surface area contributed by atoms with E-state index in [9.17, 15) is 0 Å². The van der Waals surface area contributed by atoms with Crippen LogP contribution >= 0.6 is 23.1 Å². The van der Waals surface area contributed by atoms with Gasteiger partial charge >= 0.3 is 141 Å². The quantitative estimate of drug-likeness (QED) is 0.139. The third kappa shape index (κ3) is 9.01. The molecule has 18 heteroatoms. The molecule has 0 spiro atoms. The van der Waals surface area contributed by atoms with Crippen molar-refractivity contribution in [1.82, 2.24) is 62.9 Å². The molecule has 0 amide bonds. The first-order valence-corrected chi connectivity index (χ1v) is 21.7. The van der Waals surface area contributed by atoms with Crippen molar-refractivity contribution in [3.8, 4) is 0 Å². The Kier molecular flexibility index (Phi) is 12.9. The largest absolute Gasteiger partial charge is 0.336 e. The Hall–Kier alpha value is -4.83. The molecule has 0 aliphatic heterocycles. The van der Waals surface area contributed by atoms with Crippen molar-refractivity contribution >= 4 is 104 Å². The molecule has 8 aromatic heterocycles. The van der Waals surface area contributed by atoms with Crippen LogP contribution in [0.25, 0.3) is 51.1 Å². The molecule has 0 radical (unpaired) electrons. The van der Waals surface area contributed by atoms with Crippen LogP contribution in [-0.4, -0.2) is 92.3 Å². The van der Waals surface area contributed by atoms with Crippen molar-refractivity contribution in [2.24, 2.45) is 0 Å². The van der Waals surface area contributed by atoms with Crippen LogP contribution in [0.5, 0.6) is 0 Å². The molecule has 8 heterocycles. The van der Waals surface area contributed by atoms with Crippen molar-refractivity contribution < 1.29 is 4.52 Å². The molecule has 10 aromatic rings. The second-order valence-electron chi connectivity index (χ2n) is 12.7. The van der Waals surface area contributed by atoms with Crippen molar-refractivity contribution in [3.05, 3.63) is 98.9 Å². The predicted molar refractivity (Wildman–Crippen MR) is 220 cm³/mol. The summed E-state index contributed by atoms with van der Waals surface area (Å²) in [7, 11) is 0. The molecule has 0 atom stereocenters. The second-order valence-corrected chi connectivity index (χ2v) is 17.4. The SMILES string of the molecule is Cc1ccc(C)c2[se]nnc12.Cc1ccc(C)c2snnc12.Cc1ncc(C)c2[se]nnc12.Cc1ncc(C)c2onnc12.Cc1ncc(C)c2snnc12. The van der Waals surface area contributed by atoms with Crippen LogP contribution < -0.4 is 0 Å². The minimum absolute atomic E-state index is 0.202. The summed E-state index contributed by atoms with van der Waals surface area (Å²) in [6.45, 7) is 20.1. The first kappa shape index (κ1) is 39.8. The van der Waals surface area contributed by atoms with Gasteiger partial charge in [0.2, 0.25) is 0 Å². The summed E-state index contributed by atoms with van der Waals surface area (Å²) >= 11 is 3.34. The summed E-state index contributed by atoms with van der Waals surface area (Å²) in [5.41, 5.74) is 16.8. The van der Waals surface area contributed by atoms with Gasteiger partial charge in [0, 0.05) is 23.2 Å². The molecule has 0 aliphatic rings. The minimum atomic E-state index is 0.202. The van der Waals surface area contributed by atoms with Gasteiger partial charge in [-0.2, -0.15) is 0 Å². The number of rotatable bonds is 0. The average Bonchev–Trinajstić information content (AvgIpc) is 4.03. The number of hydrogen-bond acceptors (Lipinski definition) is 16. The number of fused-ring (bicyclic) bond motifs is 5.